The molecule has 0 fully saturated rings. The van der Waals surface area contributed by atoms with Gasteiger partial charge in [0.15, 0.2) is 0 Å². The monoisotopic (exact) mass is 547 g/mol. The third-order valence-electron chi connectivity index (χ3n) is 6.39. The summed E-state index contributed by atoms with van der Waals surface area (Å²) in [6.45, 7) is 6.15. The Morgan fingerprint density at radius 1 is 0.974 bits per heavy atom. The minimum Gasteiger partial charge on any atom is -0.497 e. The average Bonchev–Trinajstić information content (AvgIpc) is 2.90. The van der Waals surface area contributed by atoms with Gasteiger partial charge in [0, 0.05) is 25.6 Å². The number of amides is 2. The number of rotatable bonds is 15. The van der Waals surface area contributed by atoms with Crippen LogP contribution in [0.25, 0.3) is 0 Å². The van der Waals surface area contributed by atoms with Crippen molar-refractivity contribution < 1.29 is 27.5 Å². The SMILES string of the molecule is CC[C@@H](C)NC(=O)[C@@H](CC)N(Cc1cccc(OC)c1)C(=O)CCCN(c1ccc(OC)cc1)S(C)(=O)=O. The molecule has 0 bridgehead atoms. The van der Waals surface area contributed by atoms with Crippen LogP contribution >= 0.6 is 0 Å². The number of nitrogens with one attached hydrogen (secondary N) is 1. The molecule has 10 heteroatoms. The number of carbonyl (C=O) groups is 2. The van der Waals surface area contributed by atoms with E-state index in [0.29, 0.717) is 23.6 Å². The van der Waals surface area contributed by atoms with Crippen molar-refractivity contribution in [2.45, 2.75) is 65.1 Å². The van der Waals surface area contributed by atoms with E-state index < -0.39 is 16.1 Å². The van der Waals surface area contributed by atoms with E-state index in [0.717, 1.165) is 18.2 Å². The number of carbonyl (C=O) groups excluding carboxylic acids is 2. The molecule has 0 saturated heterocycles. The molecule has 2 atom stereocenters. The molecule has 1 N–H and O–H groups in total. The second kappa shape index (κ2) is 14.6. The predicted molar refractivity (Wildman–Crippen MR) is 150 cm³/mol. The lowest BCUT2D eigenvalue weighted by Crippen LogP contribution is -2.50. The van der Waals surface area contributed by atoms with Crippen LogP contribution in [0, 0.1) is 0 Å². The maximum absolute atomic E-state index is 13.5. The van der Waals surface area contributed by atoms with Gasteiger partial charge in [-0.05, 0) is 68.1 Å². The predicted octanol–water partition coefficient (Wildman–Crippen LogP) is 3.97. The molecule has 0 saturated carbocycles. The molecule has 210 valence electrons. The van der Waals surface area contributed by atoms with E-state index in [2.05, 4.69) is 5.32 Å². The number of methoxy groups -OCH3 is 2. The molecule has 9 nitrogen and oxygen atoms in total. The third kappa shape index (κ3) is 8.93. The van der Waals surface area contributed by atoms with Crippen molar-refractivity contribution in [2.75, 3.05) is 31.3 Å². The molecular formula is C28H41N3O6S. The van der Waals surface area contributed by atoms with Crippen molar-refractivity contribution in [3.8, 4) is 11.5 Å². The van der Waals surface area contributed by atoms with E-state index in [1.165, 1.54) is 4.31 Å². The van der Waals surface area contributed by atoms with E-state index >= 15 is 0 Å². The fraction of sp³-hybridized carbons (Fsp3) is 0.500. The van der Waals surface area contributed by atoms with Crippen molar-refractivity contribution in [3.63, 3.8) is 0 Å². The van der Waals surface area contributed by atoms with Crippen LogP contribution in [0.4, 0.5) is 5.69 Å². The topological polar surface area (TPSA) is 105 Å². The van der Waals surface area contributed by atoms with Crippen molar-refractivity contribution in [3.05, 3.63) is 54.1 Å². The number of hydrogen-bond donors (Lipinski definition) is 1. The second-order valence-corrected chi connectivity index (χ2v) is 11.2. The highest BCUT2D eigenvalue weighted by molar-refractivity contribution is 7.92. The van der Waals surface area contributed by atoms with Crippen molar-refractivity contribution >= 4 is 27.5 Å². The standard InChI is InChI=1S/C28H41N3O6S/c1-7-21(3)29-28(33)26(8-2)30(20-22-11-9-12-25(19-22)37-5)27(32)13-10-18-31(38(6,34)35)23-14-16-24(36-4)17-15-23/h9,11-12,14-17,19,21,26H,7-8,10,13,18,20H2,1-6H3,(H,29,33)/t21-,26-/m1/s1. The zero-order valence-corrected chi connectivity index (χ0v) is 24.1. The molecule has 0 aliphatic rings. The summed E-state index contributed by atoms with van der Waals surface area (Å²) in [7, 11) is -0.456. The van der Waals surface area contributed by atoms with Crippen LogP contribution in [0.1, 0.15) is 52.0 Å². The first-order valence-electron chi connectivity index (χ1n) is 12.9. The summed E-state index contributed by atoms with van der Waals surface area (Å²) in [5.41, 5.74) is 1.33. The molecule has 38 heavy (non-hydrogen) atoms. The number of nitrogens with zero attached hydrogens (tertiary/aromatic N) is 2. The summed E-state index contributed by atoms with van der Waals surface area (Å²) in [4.78, 5) is 28.3. The molecule has 2 rings (SSSR count). The summed E-state index contributed by atoms with van der Waals surface area (Å²) in [6, 6.07) is 13.4. The average molecular weight is 548 g/mol. The summed E-state index contributed by atoms with van der Waals surface area (Å²) < 4.78 is 36.8. The Kier molecular flexibility index (Phi) is 11.9. The van der Waals surface area contributed by atoms with Crippen LogP contribution in [0.15, 0.2) is 48.5 Å². The first-order chi connectivity index (χ1) is 18.0. The van der Waals surface area contributed by atoms with Gasteiger partial charge in [0.1, 0.15) is 17.5 Å². The Hall–Kier alpha value is -3.27. The molecule has 0 heterocycles. The fourth-order valence-corrected chi connectivity index (χ4v) is 5.05. The number of hydrogen-bond acceptors (Lipinski definition) is 6. The Morgan fingerprint density at radius 3 is 2.18 bits per heavy atom. The number of sulfonamides is 1. The van der Waals surface area contributed by atoms with E-state index in [1.54, 1.807) is 43.4 Å². The normalized spacial score (nSPS) is 12.8. The summed E-state index contributed by atoms with van der Waals surface area (Å²) in [5, 5.41) is 2.99. The van der Waals surface area contributed by atoms with Crippen molar-refractivity contribution in [1.29, 1.82) is 0 Å². The lowest BCUT2D eigenvalue weighted by atomic mass is 10.1. The van der Waals surface area contributed by atoms with Gasteiger partial charge in [-0.15, -0.1) is 0 Å². The number of benzene rings is 2. The molecule has 0 aliphatic carbocycles. The zero-order chi connectivity index (χ0) is 28.3. The molecule has 2 amide bonds. The van der Waals surface area contributed by atoms with Gasteiger partial charge in [0.2, 0.25) is 21.8 Å². The Bertz CT molecular complexity index is 1150. The summed E-state index contributed by atoms with van der Waals surface area (Å²) >= 11 is 0. The lowest BCUT2D eigenvalue weighted by Gasteiger charge is -2.32. The van der Waals surface area contributed by atoms with E-state index in [1.807, 2.05) is 45.0 Å². The van der Waals surface area contributed by atoms with Crippen molar-refractivity contribution in [1.82, 2.24) is 10.2 Å². The lowest BCUT2D eigenvalue weighted by molar-refractivity contribution is -0.141. The molecule has 0 aromatic heterocycles. The fourth-order valence-electron chi connectivity index (χ4n) is 4.08. The van der Waals surface area contributed by atoms with E-state index in [4.69, 9.17) is 9.47 Å². The van der Waals surface area contributed by atoms with Gasteiger partial charge in [0.25, 0.3) is 0 Å². The van der Waals surface area contributed by atoms with Crippen LogP contribution in [0.5, 0.6) is 11.5 Å². The molecule has 2 aromatic rings. The molecule has 0 spiro atoms. The maximum Gasteiger partial charge on any atom is 0.243 e. The number of anilines is 1. The zero-order valence-electron chi connectivity index (χ0n) is 23.3. The maximum atomic E-state index is 13.5. The van der Waals surface area contributed by atoms with Gasteiger partial charge in [-0.3, -0.25) is 13.9 Å². The molecular weight excluding hydrogens is 506 g/mol. The van der Waals surface area contributed by atoms with Gasteiger partial charge < -0.3 is 19.7 Å². The van der Waals surface area contributed by atoms with Gasteiger partial charge in [-0.1, -0.05) is 26.0 Å². The Labute approximate surface area is 227 Å². The number of ether oxygens (including phenoxy) is 2. The minimum atomic E-state index is -3.57. The Morgan fingerprint density at radius 2 is 1.63 bits per heavy atom. The largest absolute Gasteiger partial charge is 0.497 e. The summed E-state index contributed by atoms with van der Waals surface area (Å²) in [5.74, 6) is 0.860. The van der Waals surface area contributed by atoms with Gasteiger partial charge in [0.05, 0.1) is 26.2 Å². The first kappa shape index (κ1) is 31.0. The van der Waals surface area contributed by atoms with Crippen LogP contribution < -0.4 is 19.1 Å². The molecule has 0 aliphatic heterocycles. The molecule has 0 radical (unpaired) electrons. The summed E-state index contributed by atoms with van der Waals surface area (Å²) in [6.07, 6.45) is 2.73. The minimum absolute atomic E-state index is 0.0156. The van der Waals surface area contributed by atoms with Crippen LogP contribution in [0.3, 0.4) is 0 Å². The van der Waals surface area contributed by atoms with Gasteiger partial charge in [-0.2, -0.15) is 0 Å². The van der Waals surface area contributed by atoms with Crippen LogP contribution in [-0.2, 0) is 26.2 Å². The van der Waals surface area contributed by atoms with Crippen molar-refractivity contribution in [2.24, 2.45) is 0 Å². The van der Waals surface area contributed by atoms with Gasteiger partial charge in [-0.25, -0.2) is 8.42 Å². The highest BCUT2D eigenvalue weighted by atomic mass is 32.2. The smallest absolute Gasteiger partial charge is 0.243 e. The van der Waals surface area contributed by atoms with E-state index in [-0.39, 0.29) is 43.8 Å². The van der Waals surface area contributed by atoms with E-state index in [9.17, 15) is 18.0 Å². The molecule has 2 aromatic carbocycles. The first-order valence-corrected chi connectivity index (χ1v) is 14.7. The van der Waals surface area contributed by atoms with Crippen LogP contribution in [0.2, 0.25) is 0 Å². The second-order valence-electron chi connectivity index (χ2n) is 9.25. The Balaban J connectivity index is 2.24. The molecule has 0 unspecified atom stereocenters. The highest BCUT2D eigenvalue weighted by Gasteiger charge is 2.29. The highest BCUT2D eigenvalue weighted by Crippen LogP contribution is 2.23. The quantitative estimate of drug-likeness (QED) is 0.362. The van der Waals surface area contributed by atoms with Gasteiger partial charge >= 0.3 is 0 Å². The van der Waals surface area contributed by atoms with Crippen LogP contribution in [-0.4, -0.2) is 64.2 Å². The third-order valence-corrected chi connectivity index (χ3v) is 7.58.